The van der Waals surface area contributed by atoms with Gasteiger partial charge in [0.05, 0.1) is 5.69 Å². The first-order valence-electron chi connectivity index (χ1n) is 7.75. The molecule has 1 aromatic rings. The molecule has 0 spiro atoms. The third-order valence-electron chi connectivity index (χ3n) is 3.99. The van der Waals surface area contributed by atoms with E-state index in [-0.39, 0.29) is 5.91 Å². The predicted octanol–water partition coefficient (Wildman–Crippen LogP) is 2.88. The van der Waals surface area contributed by atoms with Crippen molar-refractivity contribution in [3.63, 3.8) is 0 Å². The molecule has 0 saturated carbocycles. The van der Waals surface area contributed by atoms with Gasteiger partial charge >= 0.3 is 0 Å². The topological polar surface area (TPSA) is 36.0 Å². The van der Waals surface area contributed by atoms with Crippen LogP contribution < -0.4 is 9.64 Å². The zero-order chi connectivity index (χ0) is 17.3. The number of fused-ring (bicyclic) bond motifs is 1. The minimum Gasteiger partial charge on any atom is -0.439 e. The van der Waals surface area contributed by atoms with E-state index in [1.165, 1.54) is 4.90 Å². The monoisotopic (exact) mass is 341 g/mol. The number of hydrogen-bond acceptors (Lipinski definition) is 4. The van der Waals surface area contributed by atoms with Gasteiger partial charge in [0.25, 0.3) is 5.91 Å². The molecule has 3 rings (SSSR count). The second kappa shape index (κ2) is 6.49. The number of allylic oxidation sites excluding steroid dienone is 2. The SMILES string of the molecule is C=CCN1C(=O)/C(=C/C=C2\Oc3ccccc3N2CC)N(C)C1=S. The lowest BCUT2D eigenvalue weighted by Gasteiger charge is -2.15. The maximum atomic E-state index is 12.5. The molecule has 0 radical (unpaired) electrons. The molecular weight excluding hydrogens is 322 g/mol. The van der Waals surface area contributed by atoms with Gasteiger partial charge in [-0.3, -0.25) is 9.69 Å². The summed E-state index contributed by atoms with van der Waals surface area (Å²) in [7, 11) is 1.79. The molecule has 0 N–H and O–H groups in total. The fraction of sp³-hybridized carbons (Fsp3) is 0.222. The molecule has 0 unspecified atom stereocenters. The normalized spacial score (nSPS) is 20.2. The van der Waals surface area contributed by atoms with Crippen molar-refractivity contribution in [2.75, 3.05) is 25.0 Å². The van der Waals surface area contributed by atoms with Gasteiger partial charge in [-0.15, -0.1) is 6.58 Å². The van der Waals surface area contributed by atoms with Crippen LogP contribution >= 0.6 is 12.2 Å². The first-order valence-corrected chi connectivity index (χ1v) is 8.16. The van der Waals surface area contributed by atoms with Crippen molar-refractivity contribution in [2.24, 2.45) is 0 Å². The average molecular weight is 341 g/mol. The second-order valence-corrected chi connectivity index (χ2v) is 5.78. The predicted molar refractivity (Wildman–Crippen MR) is 98.5 cm³/mol. The third-order valence-corrected chi connectivity index (χ3v) is 4.49. The van der Waals surface area contributed by atoms with Gasteiger partial charge in [-0.1, -0.05) is 18.2 Å². The van der Waals surface area contributed by atoms with Gasteiger partial charge in [0, 0.05) is 26.2 Å². The zero-order valence-corrected chi connectivity index (χ0v) is 14.5. The first-order chi connectivity index (χ1) is 11.6. The summed E-state index contributed by atoms with van der Waals surface area (Å²) >= 11 is 5.31. The lowest BCUT2D eigenvalue weighted by atomic mass is 10.3. The average Bonchev–Trinajstić information content (AvgIpc) is 3.04. The number of nitrogens with zero attached hydrogens (tertiary/aromatic N) is 3. The number of benzene rings is 1. The Bertz CT molecular complexity index is 769. The molecule has 0 aromatic heterocycles. The fourth-order valence-electron chi connectivity index (χ4n) is 2.78. The zero-order valence-electron chi connectivity index (χ0n) is 13.7. The summed E-state index contributed by atoms with van der Waals surface area (Å²) < 4.78 is 5.89. The lowest BCUT2D eigenvalue weighted by molar-refractivity contribution is -0.122. The van der Waals surface area contributed by atoms with Crippen molar-refractivity contribution < 1.29 is 9.53 Å². The Morgan fingerprint density at radius 2 is 2.00 bits per heavy atom. The number of carbonyl (C=O) groups excluding carboxylic acids is 1. The number of carbonyl (C=O) groups is 1. The van der Waals surface area contributed by atoms with Crippen molar-refractivity contribution in [1.82, 2.24) is 9.80 Å². The van der Waals surface area contributed by atoms with Gasteiger partial charge in [-0.2, -0.15) is 0 Å². The van der Waals surface area contributed by atoms with E-state index in [1.54, 1.807) is 24.1 Å². The van der Waals surface area contributed by atoms with Crippen LogP contribution in [-0.4, -0.2) is 41.0 Å². The smallest absolute Gasteiger partial charge is 0.277 e. The van der Waals surface area contributed by atoms with E-state index >= 15 is 0 Å². The highest BCUT2D eigenvalue weighted by Gasteiger charge is 2.34. The Kier molecular flexibility index (Phi) is 4.40. The van der Waals surface area contributed by atoms with Gasteiger partial charge in [0.15, 0.2) is 10.9 Å². The van der Waals surface area contributed by atoms with E-state index in [4.69, 9.17) is 17.0 Å². The number of para-hydroxylation sites is 2. The van der Waals surface area contributed by atoms with E-state index in [9.17, 15) is 4.79 Å². The van der Waals surface area contributed by atoms with Gasteiger partial charge < -0.3 is 14.5 Å². The molecule has 1 aromatic carbocycles. The number of anilines is 1. The third kappa shape index (κ3) is 2.59. The van der Waals surface area contributed by atoms with Crippen LogP contribution in [0.3, 0.4) is 0 Å². The van der Waals surface area contributed by atoms with Crippen molar-refractivity contribution in [1.29, 1.82) is 0 Å². The molecule has 2 aliphatic rings. The maximum absolute atomic E-state index is 12.5. The summed E-state index contributed by atoms with van der Waals surface area (Å²) in [6, 6.07) is 7.86. The summed E-state index contributed by atoms with van der Waals surface area (Å²) in [5.74, 6) is 1.39. The van der Waals surface area contributed by atoms with Crippen LogP contribution in [0.25, 0.3) is 0 Å². The van der Waals surface area contributed by atoms with Gasteiger partial charge in [-0.25, -0.2) is 0 Å². The van der Waals surface area contributed by atoms with Crippen molar-refractivity contribution in [2.45, 2.75) is 6.92 Å². The van der Waals surface area contributed by atoms with Crippen molar-refractivity contribution in [3.05, 3.63) is 60.7 Å². The van der Waals surface area contributed by atoms with E-state index in [1.807, 2.05) is 30.3 Å². The largest absolute Gasteiger partial charge is 0.439 e. The highest BCUT2D eigenvalue weighted by atomic mass is 32.1. The quantitative estimate of drug-likeness (QED) is 0.478. The molecule has 0 atom stereocenters. The number of thiocarbonyl (C=S) groups is 1. The summed E-state index contributed by atoms with van der Waals surface area (Å²) in [5, 5.41) is 0.479. The number of likely N-dealkylation sites (N-methyl/N-ethyl adjacent to an activating group) is 1. The number of rotatable bonds is 4. The van der Waals surface area contributed by atoms with E-state index < -0.39 is 0 Å². The number of amides is 1. The van der Waals surface area contributed by atoms with Gasteiger partial charge in [0.1, 0.15) is 5.70 Å². The number of ether oxygens (including phenoxy) is 1. The molecule has 6 heteroatoms. The molecule has 1 amide bonds. The summed E-state index contributed by atoms with van der Waals surface area (Å²) in [6.07, 6.45) is 5.23. The van der Waals surface area contributed by atoms with E-state index in [0.29, 0.717) is 23.2 Å². The highest BCUT2D eigenvalue weighted by molar-refractivity contribution is 7.80. The second-order valence-electron chi connectivity index (χ2n) is 5.42. The molecule has 2 aliphatic heterocycles. The number of hydrogen-bond donors (Lipinski definition) is 0. The maximum Gasteiger partial charge on any atom is 0.277 e. The van der Waals surface area contributed by atoms with Gasteiger partial charge in [-0.05, 0) is 37.4 Å². The molecule has 0 bridgehead atoms. The Morgan fingerprint density at radius 3 is 2.71 bits per heavy atom. The Labute approximate surface area is 147 Å². The molecular formula is C18H19N3O2S. The molecule has 5 nitrogen and oxygen atoms in total. The Morgan fingerprint density at radius 1 is 1.25 bits per heavy atom. The Balaban J connectivity index is 1.90. The minimum absolute atomic E-state index is 0.127. The van der Waals surface area contributed by atoms with E-state index in [2.05, 4.69) is 18.4 Å². The van der Waals surface area contributed by atoms with Crippen molar-refractivity contribution >= 4 is 28.9 Å². The van der Waals surface area contributed by atoms with Crippen LogP contribution in [-0.2, 0) is 4.79 Å². The minimum atomic E-state index is -0.127. The van der Waals surface area contributed by atoms with Crippen LogP contribution in [0, 0.1) is 0 Å². The molecule has 0 aliphatic carbocycles. The summed E-state index contributed by atoms with van der Waals surface area (Å²) in [6.45, 7) is 6.90. The fourth-order valence-corrected chi connectivity index (χ4v) is 3.04. The lowest BCUT2D eigenvalue weighted by Crippen LogP contribution is -2.31. The molecule has 124 valence electrons. The van der Waals surface area contributed by atoms with Crippen LogP contribution in [0.5, 0.6) is 5.75 Å². The molecule has 1 saturated heterocycles. The van der Waals surface area contributed by atoms with Crippen LogP contribution in [0.4, 0.5) is 5.69 Å². The summed E-state index contributed by atoms with van der Waals surface area (Å²) in [5.41, 5.74) is 1.55. The molecule has 24 heavy (non-hydrogen) atoms. The van der Waals surface area contributed by atoms with E-state index in [0.717, 1.165) is 18.0 Å². The van der Waals surface area contributed by atoms with Crippen molar-refractivity contribution in [3.8, 4) is 5.75 Å². The first kappa shape index (κ1) is 16.3. The highest BCUT2D eigenvalue weighted by Crippen LogP contribution is 2.38. The van der Waals surface area contributed by atoms with Crippen LogP contribution in [0.2, 0.25) is 0 Å². The standard InChI is InChI=1S/C18H19N3O2S/c1-4-12-21-17(22)14(19(3)18(21)24)10-11-16-20(5-2)13-8-6-7-9-15(13)23-16/h4,6-11H,1,5,12H2,2-3H3/b14-10-,16-11-. The van der Waals surface area contributed by atoms with Gasteiger partial charge in [0.2, 0.25) is 5.88 Å². The Hall–Kier alpha value is -2.60. The molecule has 2 heterocycles. The van der Waals surface area contributed by atoms with Crippen LogP contribution in [0.1, 0.15) is 6.92 Å². The molecule has 1 fully saturated rings. The summed E-state index contributed by atoms with van der Waals surface area (Å²) in [4.78, 5) is 17.8. The van der Waals surface area contributed by atoms with Crippen LogP contribution in [0.15, 0.2) is 60.7 Å².